The minimum atomic E-state index is 0.808. The van der Waals surface area contributed by atoms with E-state index in [-0.39, 0.29) is 0 Å². The SMILES string of the molecule is COc1ccc(Br)c(-c2cccc(OC)c2Br)c1. The van der Waals surface area contributed by atoms with Crippen molar-refractivity contribution in [2.45, 2.75) is 0 Å². The van der Waals surface area contributed by atoms with Gasteiger partial charge in [0.25, 0.3) is 0 Å². The van der Waals surface area contributed by atoms with Crippen molar-refractivity contribution in [3.05, 3.63) is 45.3 Å². The molecule has 0 unspecified atom stereocenters. The quantitative estimate of drug-likeness (QED) is 0.764. The van der Waals surface area contributed by atoms with Crippen LogP contribution in [-0.4, -0.2) is 14.2 Å². The molecule has 0 amide bonds. The minimum Gasteiger partial charge on any atom is -0.497 e. The fourth-order valence-corrected chi connectivity index (χ4v) is 2.81. The molecule has 0 heterocycles. The third-order valence-corrected chi connectivity index (χ3v) is 4.16. The van der Waals surface area contributed by atoms with Gasteiger partial charge in [-0.1, -0.05) is 28.1 Å². The number of halogens is 2. The molecule has 4 heteroatoms. The molecular weight excluding hydrogens is 360 g/mol. The van der Waals surface area contributed by atoms with Gasteiger partial charge in [-0.15, -0.1) is 0 Å². The molecule has 0 saturated heterocycles. The zero-order valence-electron chi connectivity index (χ0n) is 10.0. The van der Waals surface area contributed by atoms with E-state index >= 15 is 0 Å². The number of rotatable bonds is 3. The van der Waals surface area contributed by atoms with Crippen molar-refractivity contribution in [3.8, 4) is 22.6 Å². The van der Waals surface area contributed by atoms with Crippen LogP contribution in [0.1, 0.15) is 0 Å². The first-order valence-electron chi connectivity index (χ1n) is 5.33. The lowest BCUT2D eigenvalue weighted by atomic mass is 10.1. The fourth-order valence-electron chi connectivity index (χ4n) is 1.71. The molecule has 2 aromatic carbocycles. The van der Waals surface area contributed by atoms with Gasteiger partial charge in [-0.2, -0.15) is 0 Å². The molecule has 2 rings (SSSR count). The van der Waals surface area contributed by atoms with Crippen molar-refractivity contribution in [1.82, 2.24) is 0 Å². The summed E-state index contributed by atoms with van der Waals surface area (Å²) in [5.41, 5.74) is 2.11. The molecule has 0 aliphatic rings. The average Bonchev–Trinajstić information content (AvgIpc) is 2.40. The Labute approximate surface area is 123 Å². The Morgan fingerprint density at radius 3 is 2.33 bits per heavy atom. The largest absolute Gasteiger partial charge is 0.497 e. The minimum absolute atomic E-state index is 0.808. The summed E-state index contributed by atoms with van der Waals surface area (Å²) in [5.74, 6) is 1.63. The molecule has 94 valence electrons. The molecule has 0 aliphatic carbocycles. The molecule has 0 spiro atoms. The number of benzene rings is 2. The van der Waals surface area contributed by atoms with Crippen LogP contribution in [0.25, 0.3) is 11.1 Å². The molecular formula is C14H12Br2O2. The van der Waals surface area contributed by atoms with Crippen LogP contribution in [0.15, 0.2) is 45.3 Å². The van der Waals surface area contributed by atoms with Gasteiger partial charge < -0.3 is 9.47 Å². The van der Waals surface area contributed by atoms with Gasteiger partial charge in [-0.3, -0.25) is 0 Å². The monoisotopic (exact) mass is 370 g/mol. The maximum atomic E-state index is 5.31. The standard InChI is InChI=1S/C14H12Br2O2/c1-17-9-6-7-12(15)11(8-9)10-4-3-5-13(18-2)14(10)16/h3-8H,1-2H3. The molecule has 0 fully saturated rings. The van der Waals surface area contributed by atoms with Crippen LogP contribution in [0.5, 0.6) is 11.5 Å². The first kappa shape index (κ1) is 13.4. The number of methoxy groups -OCH3 is 2. The molecule has 0 saturated carbocycles. The van der Waals surface area contributed by atoms with E-state index in [0.29, 0.717) is 0 Å². The Morgan fingerprint density at radius 2 is 1.67 bits per heavy atom. The summed E-state index contributed by atoms with van der Waals surface area (Å²) < 4.78 is 12.5. The topological polar surface area (TPSA) is 18.5 Å². The van der Waals surface area contributed by atoms with Gasteiger partial charge in [-0.05, 0) is 40.2 Å². The van der Waals surface area contributed by atoms with Gasteiger partial charge in [0.1, 0.15) is 11.5 Å². The van der Waals surface area contributed by atoms with Gasteiger partial charge in [0.05, 0.1) is 18.7 Å². The van der Waals surface area contributed by atoms with Crippen LogP contribution in [-0.2, 0) is 0 Å². The van der Waals surface area contributed by atoms with Gasteiger partial charge in [-0.25, -0.2) is 0 Å². The van der Waals surface area contributed by atoms with E-state index in [0.717, 1.165) is 31.6 Å². The molecule has 0 aromatic heterocycles. The lowest BCUT2D eigenvalue weighted by Gasteiger charge is -2.12. The zero-order chi connectivity index (χ0) is 13.1. The second-order valence-corrected chi connectivity index (χ2v) is 5.31. The van der Waals surface area contributed by atoms with E-state index in [1.165, 1.54) is 0 Å². The van der Waals surface area contributed by atoms with Gasteiger partial charge in [0.15, 0.2) is 0 Å². The molecule has 2 aromatic rings. The Hall–Kier alpha value is -1.00. The van der Waals surface area contributed by atoms with E-state index in [2.05, 4.69) is 31.9 Å². The van der Waals surface area contributed by atoms with E-state index in [9.17, 15) is 0 Å². The van der Waals surface area contributed by atoms with E-state index in [4.69, 9.17) is 9.47 Å². The summed E-state index contributed by atoms with van der Waals surface area (Å²) in [6.07, 6.45) is 0. The molecule has 0 aliphatic heterocycles. The average molecular weight is 372 g/mol. The smallest absolute Gasteiger partial charge is 0.133 e. The highest BCUT2D eigenvalue weighted by Gasteiger charge is 2.11. The molecule has 0 N–H and O–H groups in total. The normalized spacial score (nSPS) is 10.2. The fraction of sp³-hybridized carbons (Fsp3) is 0.143. The van der Waals surface area contributed by atoms with Crippen LogP contribution in [0, 0.1) is 0 Å². The van der Waals surface area contributed by atoms with E-state index < -0.39 is 0 Å². The van der Waals surface area contributed by atoms with Crippen molar-refractivity contribution in [2.75, 3.05) is 14.2 Å². The number of hydrogen-bond acceptors (Lipinski definition) is 2. The highest BCUT2D eigenvalue weighted by atomic mass is 79.9. The van der Waals surface area contributed by atoms with Gasteiger partial charge in [0.2, 0.25) is 0 Å². The van der Waals surface area contributed by atoms with E-state index in [1.807, 2.05) is 36.4 Å². The molecule has 2 nitrogen and oxygen atoms in total. The summed E-state index contributed by atoms with van der Waals surface area (Å²) >= 11 is 7.13. The summed E-state index contributed by atoms with van der Waals surface area (Å²) in [6.45, 7) is 0. The first-order valence-corrected chi connectivity index (χ1v) is 6.92. The van der Waals surface area contributed by atoms with Crippen LogP contribution in [0.2, 0.25) is 0 Å². The van der Waals surface area contributed by atoms with Crippen molar-refractivity contribution < 1.29 is 9.47 Å². The summed E-state index contributed by atoms with van der Waals surface area (Å²) in [6, 6.07) is 11.8. The Morgan fingerprint density at radius 1 is 0.889 bits per heavy atom. The molecule has 0 atom stereocenters. The molecule has 0 bridgehead atoms. The maximum Gasteiger partial charge on any atom is 0.133 e. The van der Waals surface area contributed by atoms with Crippen LogP contribution in [0.4, 0.5) is 0 Å². The van der Waals surface area contributed by atoms with Crippen LogP contribution in [0.3, 0.4) is 0 Å². The van der Waals surface area contributed by atoms with Crippen molar-refractivity contribution >= 4 is 31.9 Å². The van der Waals surface area contributed by atoms with Crippen LogP contribution < -0.4 is 9.47 Å². The second-order valence-electron chi connectivity index (χ2n) is 3.67. The zero-order valence-corrected chi connectivity index (χ0v) is 13.2. The first-order chi connectivity index (χ1) is 8.67. The lowest BCUT2D eigenvalue weighted by Crippen LogP contribution is -1.89. The maximum absolute atomic E-state index is 5.31. The number of ether oxygens (including phenoxy) is 2. The van der Waals surface area contributed by atoms with Gasteiger partial charge >= 0.3 is 0 Å². The highest BCUT2D eigenvalue weighted by molar-refractivity contribution is 9.11. The van der Waals surface area contributed by atoms with Crippen molar-refractivity contribution in [2.24, 2.45) is 0 Å². The highest BCUT2D eigenvalue weighted by Crippen LogP contribution is 2.39. The van der Waals surface area contributed by atoms with E-state index in [1.54, 1.807) is 14.2 Å². The third-order valence-electron chi connectivity index (χ3n) is 2.65. The Kier molecular flexibility index (Phi) is 4.30. The Balaban J connectivity index is 2.61. The Bertz CT molecular complexity index is 568. The summed E-state index contributed by atoms with van der Waals surface area (Å²) in [7, 11) is 3.32. The molecule has 18 heavy (non-hydrogen) atoms. The van der Waals surface area contributed by atoms with Gasteiger partial charge in [0, 0.05) is 15.6 Å². The summed E-state index contributed by atoms with van der Waals surface area (Å²) in [5, 5.41) is 0. The van der Waals surface area contributed by atoms with Crippen molar-refractivity contribution in [1.29, 1.82) is 0 Å². The lowest BCUT2D eigenvalue weighted by molar-refractivity contribution is 0.412. The molecule has 0 radical (unpaired) electrons. The summed E-state index contributed by atoms with van der Waals surface area (Å²) in [4.78, 5) is 0. The second kappa shape index (κ2) is 5.76. The van der Waals surface area contributed by atoms with Crippen LogP contribution >= 0.6 is 31.9 Å². The number of hydrogen-bond donors (Lipinski definition) is 0. The third kappa shape index (κ3) is 2.54. The predicted octanol–water partition coefficient (Wildman–Crippen LogP) is 4.90. The van der Waals surface area contributed by atoms with Crippen molar-refractivity contribution in [3.63, 3.8) is 0 Å². The predicted molar refractivity (Wildman–Crippen MR) is 80.4 cm³/mol.